The average molecular weight is 1600 g/mol. The summed E-state index contributed by atoms with van der Waals surface area (Å²) in [5, 5.41) is 48.5. The van der Waals surface area contributed by atoms with Crippen molar-refractivity contribution in [2.24, 2.45) is 89.0 Å². The molecule has 1 heterocycles. The van der Waals surface area contributed by atoms with Gasteiger partial charge in [0.2, 0.25) is 76.8 Å². The van der Waals surface area contributed by atoms with E-state index in [0.717, 1.165) is 0 Å². The maximum atomic E-state index is 15.1. The summed E-state index contributed by atoms with van der Waals surface area (Å²) in [6, 6.07) is -7.48. The summed E-state index contributed by atoms with van der Waals surface area (Å²) >= 11 is 0. The molecule has 0 aromatic heterocycles. The van der Waals surface area contributed by atoms with E-state index in [4.69, 9.17) is 63.1 Å². The van der Waals surface area contributed by atoms with Crippen molar-refractivity contribution in [3.8, 4) is 0 Å². The van der Waals surface area contributed by atoms with Gasteiger partial charge in [0.25, 0.3) is 0 Å². The van der Waals surface area contributed by atoms with E-state index in [1.165, 1.54) is 25.7 Å². The summed E-state index contributed by atoms with van der Waals surface area (Å²) in [5.74, 6) is -14.4. The number of aliphatic carboxylic acids is 1. The number of carboxylic acid groups (broad SMARTS) is 1. The van der Waals surface area contributed by atoms with Gasteiger partial charge in [-0.1, -0.05) is 44.2 Å². The van der Waals surface area contributed by atoms with Crippen molar-refractivity contribution in [3.05, 3.63) is 35.9 Å². The number of benzene rings is 1. The molecule has 1 aromatic carbocycles. The minimum atomic E-state index is -1.79. The monoisotopic (exact) mass is 1600 g/mol. The van der Waals surface area contributed by atoms with Crippen molar-refractivity contribution in [2.45, 2.75) is 235 Å². The van der Waals surface area contributed by atoms with Gasteiger partial charge in [0, 0.05) is 52.5 Å². The van der Waals surface area contributed by atoms with Gasteiger partial charge in [0.15, 0.2) is 23.8 Å². The van der Waals surface area contributed by atoms with E-state index >= 15 is 4.79 Å². The lowest BCUT2D eigenvalue weighted by atomic mass is 10.0. The third kappa shape index (κ3) is 39.0. The van der Waals surface area contributed by atoms with E-state index in [0.29, 0.717) is 44.3 Å². The number of nitrogens with two attached hydrogens (primary N) is 11. The van der Waals surface area contributed by atoms with Crippen molar-refractivity contribution < 1.29 is 77.3 Å². The number of hydrogen-bond donors (Lipinski definition) is 24. The number of nitrogens with zero attached hydrogens (tertiary/aromatic N) is 5. The molecule has 0 radical (unpaired) electrons. The van der Waals surface area contributed by atoms with Crippen LogP contribution in [0, 0.1) is 5.92 Å². The lowest BCUT2D eigenvalue weighted by Gasteiger charge is -2.31. The molecule has 0 bridgehead atoms. The molecule has 0 unspecified atom stereocenters. The van der Waals surface area contributed by atoms with Crippen molar-refractivity contribution in [1.29, 1.82) is 0 Å². The predicted molar refractivity (Wildman–Crippen MR) is 420 cm³/mol. The van der Waals surface area contributed by atoms with Crippen molar-refractivity contribution >= 4 is 107 Å². The highest BCUT2D eigenvalue weighted by Gasteiger charge is 2.42. The molecule has 11 atom stereocenters. The number of aliphatic hydroxyl groups excluding tert-OH is 1. The molecule has 113 heavy (non-hydrogen) atoms. The van der Waals surface area contributed by atoms with Crippen LogP contribution >= 0.6 is 0 Å². The van der Waals surface area contributed by atoms with Gasteiger partial charge in [-0.15, -0.1) is 0 Å². The van der Waals surface area contributed by atoms with E-state index in [9.17, 15) is 72.5 Å². The number of rotatable bonds is 55. The average Bonchev–Trinajstić information content (AvgIpc) is 1.78. The Morgan fingerprint density at radius 1 is 0.469 bits per heavy atom. The fourth-order valence-corrected chi connectivity index (χ4v) is 11.8. The molecule has 43 nitrogen and oxygen atoms in total. The Labute approximate surface area is 657 Å². The first-order valence-corrected chi connectivity index (χ1v) is 37.8. The highest BCUT2D eigenvalue weighted by atomic mass is 16.4. The summed E-state index contributed by atoms with van der Waals surface area (Å²) in [6.45, 7) is 6.51. The molecule has 0 spiro atoms. The Balaban J connectivity index is 2.66. The molecule has 634 valence electrons. The molecule has 0 aliphatic carbocycles. The molecule has 1 fully saturated rings. The number of primary amides is 1. The molecule has 13 amide bonds. The largest absolute Gasteiger partial charge is 0.480 e. The van der Waals surface area contributed by atoms with Gasteiger partial charge in [-0.3, -0.25) is 82.3 Å². The van der Waals surface area contributed by atoms with Crippen LogP contribution in [0.5, 0.6) is 0 Å². The number of hydrogen-bond acceptors (Lipinski definition) is 21. The van der Waals surface area contributed by atoms with Gasteiger partial charge in [-0.05, 0) is 154 Å². The van der Waals surface area contributed by atoms with E-state index in [2.05, 4.69) is 78.5 Å². The molecule has 1 saturated heterocycles. The second-order valence-corrected chi connectivity index (χ2v) is 28.3. The summed E-state index contributed by atoms with van der Waals surface area (Å²) in [5.41, 5.74) is 60.5. The molecular weight excluding hydrogens is 1470 g/mol. The van der Waals surface area contributed by atoms with E-state index in [1.54, 1.807) is 44.2 Å². The number of aliphatic hydroxyl groups is 1. The van der Waals surface area contributed by atoms with Crippen LogP contribution in [0.25, 0.3) is 0 Å². The molecule has 1 aromatic rings. The first kappa shape index (κ1) is 97.8. The Kier molecular flexibility index (Phi) is 45.1. The normalized spacial score (nSPS) is 15.1. The van der Waals surface area contributed by atoms with Crippen LogP contribution in [0.15, 0.2) is 50.3 Å². The van der Waals surface area contributed by atoms with E-state index in [1.807, 2.05) is 0 Å². The first-order chi connectivity index (χ1) is 53.3. The van der Waals surface area contributed by atoms with Crippen LogP contribution in [0.1, 0.15) is 162 Å². The summed E-state index contributed by atoms with van der Waals surface area (Å²) in [7, 11) is 0. The summed E-state index contributed by atoms with van der Waals surface area (Å²) in [4.78, 5) is 212. The Bertz CT molecular complexity index is 3420. The number of carbonyl (C=O) groups excluding carboxylic acids is 13. The van der Waals surface area contributed by atoms with Crippen molar-refractivity contribution in [2.75, 3.05) is 52.4 Å². The quantitative estimate of drug-likeness (QED) is 0.0164. The third-order valence-electron chi connectivity index (χ3n) is 17.7. The molecule has 35 N–H and O–H groups in total. The second kappa shape index (κ2) is 52.1. The number of nitrogens with one attached hydrogen (secondary N) is 11. The van der Waals surface area contributed by atoms with Crippen LogP contribution in [0.3, 0.4) is 0 Å². The third-order valence-corrected chi connectivity index (χ3v) is 17.7. The first-order valence-electron chi connectivity index (χ1n) is 37.8. The lowest BCUT2D eigenvalue weighted by Crippen LogP contribution is -2.63. The van der Waals surface area contributed by atoms with E-state index in [-0.39, 0.29) is 152 Å². The molecule has 2 rings (SSSR count). The maximum absolute atomic E-state index is 15.1. The zero-order valence-corrected chi connectivity index (χ0v) is 65.3. The van der Waals surface area contributed by atoms with Crippen LogP contribution in [-0.2, 0) is 73.5 Å². The SMILES string of the molecule is CC(=O)N[C@@H](CCCCN)C(=O)N[C@@H](Cc1ccccc1)C(=O)N[C@H](CCCN=C(N)N)C(=O)N[C@@H](CCCN=C(N)N)C(=O)N[C@H](CCC(N)=O)C(=O)N[C@@H](CCCN=C(N)N)C(=O)N1CCC[C@H]1C(=O)N[C@@H](CCCN=C(N)N)C(=O)N[C@H](CC(C)C)C(=O)N[C@@H](CO)C(=O)NC(C)(C)C(=O)N[C@@H](CCCCN)C(=O)O. The minimum Gasteiger partial charge on any atom is -0.480 e. The van der Waals surface area contributed by atoms with Gasteiger partial charge in [0.05, 0.1) is 6.61 Å². The smallest absolute Gasteiger partial charge is 0.326 e. The zero-order valence-electron chi connectivity index (χ0n) is 65.3. The maximum Gasteiger partial charge on any atom is 0.326 e. The highest BCUT2D eigenvalue weighted by Crippen LogP contribution is 2.22. The molecule has 43 heteroatoms. The van der Waals surface area contributed by atoms with E-state index < -0.39 is 174 Å². The lowest BCUT2D eigenvalue weighted by molar-refractivity contribution is -0.143. The fourth-order valence-electron chi connectivity index (χ4n) is 11.8. The standard InChI is InChI=1S/C70H123N27O16/c1-39(2)36-49(59(106)94-51(38-98)61(108)96-70(4,5)65(113)95-48(64(111)112)21-10-12-30-72)92-57(104)45(24-15-33-84-68(78)79)90-62(109)52-26-17-35-97(52)63(110)47(25-16-34-85-69(80)81)91-58(105)46(27-28-53(73)100)89-56(103)43(22-13-31-82-66(74)75)87-55(102)44(23-14-32-83-67(76)77)88-60(107)50(37-41-18-7-6-8-19-41)93-54(101)42(86-40(3)99)20-9-11-29-71/h6-8,18-19,39,42-52,98H,9-17,20-38,71-72H2,1-5H3,(H2,73,100)(H,86,99)(H,87,102)(H,88,107)(H,89,103)(H,90,109)(H,91,105)(H,92,104)(H,93,101)(H,94,106)(H,95,113)(H,96,108)(H,111,112)(H4,74,75,82)(H4,76,77,83)(H4,78,79,84)(H4,80,81,85)/t42-,43-,44+,45-,46+,47-,48-,49+,50-,51-,52-/m0/s1. The number of likely N-dealkylation sites (tertiary alicyclic amines) is 1. The number of carbonyl (C=O) groups is 14. The van der Waals surface area contributed by atoms with Gasteiger partial charge in [-0.2, -0.15) is 0 Å². The number of guanidine groups is 4. The summed E-state index contributed by atoms with van der Waals surface area (Å²) in [6.07, 6.45) is 0.461. The van der Waals surface area contributed by atoms with Crippen LogP contribution in [0.4, 0.5) is 0 Å². The second-order valence-electron chi connectivity index (χ2n) is 28.3. The minimum absolute atomic E-state index is 0.00745. The number of unbranched alkanes of at least 4 members (excludes halogenated alkanes) is 2. The Morgan fingerprint density at radius 3 is 1.27 bits per heavy atom. The van der Waals surface area contributed by atoms with Gasteiger partial charge < -0.3 is 137 Å². The zero-order chi connectivity index (χ0) is 84.9. The number of amides is 13. The van der Waals surface area contributed by atoms with Crippen LogP contribution < -0.4 is 122 Å². The fraction of sp³-hybridized carbons (Fsp3) is 0.657. The Hall–Kier alpha value is -11.2. The van der Waals surface area contributed by atoms with Crippen LogP contribution in [0.2, 0.25) is 0 Å². The number of aliphatic imine (C=N–C) groups is 4. The van der Waals surface area contributed by atoms with Crippen LogP contribution in [-0.4, -0.2) is 246 Å². The predicted octanol–water partition coefficient (Wildman–Crippen LogP) is -8.16. The summed E-state index contributed by atoms with van der Waals surface area (Å²) < 4.78 is 0. The van der Waals surface area contributed by atoms with Crippen molar-refractivity contribution in [3.63, 3.8) is 0 Å². The Morgan fingerprint density at radius 2 is 0.850 bits per heavy atom. The van der Waals surface area contributed by atoms with Gasteiger partial charge in [-0.25, -0.2) is 4.79 Å². The topological polar surface area (TPSA) is 751 Å². The molecule has 1 aliphatic rings. The van der Waals surface area contributed by atoms with Gasteiger partial charge in [0.1, 0.15) is 72.0 Å². The van der Waals surface area contributed by atoms with Crippen molar-refractivity contribution in [1.82, 2.24) is 63.4 Å². The molecule has 1 aliphatic heterocycles. The highest BCUT2D eigenvalue weighted by molar-refractivity contribution is 6.00. The molecular formula is C70H123N27O16. The van der Waals surface area contributed by atoms with Gasteiger partial charge >= 0.3 is 5.97 Å². The molecule has 0 saturated carbocycles. The number of carboxylic acids is 1.